The van der Waals surface area contributed by atoms with Crippen molar-refractivity contribution in [2.45, 2.75) is 32.2 Å². The lowest BCUT2D eigenvalue weighted by atomic mass is 9.94. The number of rotatable bonds is 10. The quantitative estimate of drug-likeness (QED) is 0.428. The molecule has 0 aliphatic carbocycles. The van der Waals surface area contributed by atoms with Gasteiger partial charge in [0.25, 0.3) is 5.91 Å². The van der Waals surface area contributed by atoms with Gasteiger partial charge in [-0.3, -0.25) is 14.4 Å². The Morgan fingerprint density at radius 2 is 1.48 bits per heavy atom. The van der Waals surface area contributed by atoms with Crippen LogP contribution in [0.2, 0.25) is 0 Å². The van der Waals surface area contributed by atoms with Crippen LogP contribution in [-0.4, -0.2) is 34.1 Å². The van der Waals surface area contributed by atoms with Gasteiger partial charge in [-0.15, -0.1) is 0 Å². The van der Waals surface area contributed by atoms with E-state index < -0.39 is 23.9 Å². The molecule has 0 heterocycles. The fraction of sp³-hybridized carbons (Fsp3) is 0.222. The summed E-state index contributed by atoms with van der Waals surface area (Å²) in [5, 5.41) is 21.3. The fourth-order valence-electron chi connectivity index (χ4n) is 3.74. The number of aliphatic carboxylic acids is 2. The van der Waals surface area contributed by atoms with Crippen LogP contribution in [0.3, 0.4) is 0 Å². The predicted octanol–water partition coefficient (Wildman–Crippen LogP) is 4.43. The van der Waals surface area contributed by atoms with Gasteiger partial charge in [-0.25, -0.2) is 0 Å². The fourth-order valence-corrected chi connectivity index (χ4v) is 3.74. The second-order valence-corrected chi connectivity index (χ2v) is 8.18. The van der Waals surface area contributed by atoms with E-state index in [1.54, 1.807) is 31.2 Å². The maximum Gasteiger partial charge on any atom is 0.307 e. The third-order valence-electron chi connectivity index (χ3n) is 5.48. The summed E-state index contributed by atoms with van der Waals surface area (Å²) < 4.78 is 0. The molecule has 170 valence electrons. The number of carboxylic acids is 2. The van der Waals surface area contributed by atoms with Gasteiger partial charge in [0.1, 0.15) is 0 Å². The largest absolute Gasteiger partial charge is 0.481 e. The van der Waals surface area contributed by atoms with Gasteiger partial charge in [-0.05, 0) is 47.2 Å². The Kier molecular flexibility index (Phi) is 7.97. The number of carboxylic acid groups (broad SMARTS) is 2. The number of carbonyl (C=O) groups excluding carboxylic acids is 1. The number of benzene rings is 3. The normalized spacial score (nSPS) is 12.5. The molecule has 0 fully saturated rings. The van der Waals surface area contributed by atoms with E-state index in [9.17, 15) is 19.5 Å². The van der Waals surface area contributed by atoms with Gasteiger partial charge < -0.3 is 15.5 Å². The molecule has 0 aliphatic rings. The first kappa shape index (κ1) is 23.7. The zero-order chi connectivity index (χ0) is 23.8. The molecule has 2 atom stereocenters. The van der Waals surface area contributed by atoms with Crippen molar-refractivity contribution in [2.75, 3.05) is 0 Å². The van der Waals surface area contributed by atoms with Gasteiger partial charge >= 0.3 is 11.9 Å². The van der Waals surface area contributed by atoms with Crippen LogP contribution in [0.1, 0.15) is 34.8 Å². The van der Waals surface area contributed by atoms with Gasteiger partial charge in [-0.1, -0.05) is 73.7 Å². The van der Waals surface area contributed by atoms with E-state index in [-0.39, 0.29) is 18.7 Å². The summed E-state index contributed by atoms with van der Waals surface area (Å²) in [4.78, 5) is 35.3. The van der Waals surface area contributed by atoms with Gasteiger partial charge in [0, 0.05) is 11.6 Å². The lowest BCUT2D eigenvalue weighted by molar-refractivity contribution is -0.141. The molecule has 3 N–H and O–H groups in total. The Hall–Kier alpha value is -3.93. The molecular formula is C27H27NO5. The summed E-state index contributed by atoms with van der Waals surface area (Å²) in [6.07, 6.45) is 0.581. The molecule has 0 aromatic heterocycles. The van der Waals surface area contributed by atoms with Gasteiger partial charge in [0.15, 0.2) is 0 Å². The van der Waals surface area contributed by atoms with E-state index in [4.69, 9.17) is 5.11 Å². The molecule has 33 heavy (non-hydrogen) atoms. The maximum absolute atomic E-state index is 12.9. The zero-order valence-corrected chi connectivity index (χ0v) is 18.4. The first-order chi connectivity index (χ1) is 15.8. The van der Waals surface area contributed by atoms with Crippen LogP contribution in [0.4, 0.5) is 0 Å². The van der Waals surface area contributed by atoms with Crippen molar-refractivity contribution >= 4 is 17.8 Å². The summed E-state index contributed by atoms with van der Waals surface area (Å²) in [6, 6.07) is 24.1. The summed E-state index contributed by atoms with van der Waals surface area (Å²) in [6.45, 7) is 1.62. The minimum Gasteiger partial charge on any atom is -0.481 e. The zero-order valence-electron chi connectivity index (χ0n) is 18.4. The Balaban J connectivity index is 1.75. The molecule has 6 nitrogen and oxygen atoms in total. The van der Waals surface area contributed by atoms with Crippen molar-refractivity contribution in [3.63, 3.8) is 0 Å². The second-order valence-electron chi connectivity index (χ2n) is 8.18. The smallest absolute Gasteiger partial charge is 0.307 e. The van der Waals surface area contributed by atoms with Gasteiger partial charge in [-0.2, -0.15) is 0 Å². The van der Waals surface area contributed by atoms with Crippen LogP contribution < -0.4 is 5.32 Å². The Morgan fingerprint density at radius 1 is 0.818 bits per heavy atom. The molecule has 6 heteroatoms. The highest BCUT2D eigenvalue weighted by atomic mass is 16.4. The highest BCUT2D eigenvalue weighted by molar-refractivity contribution is 5.94. The minimum absolute atomic E-state index is 0.172. The number of hydrogen-bond donors (Lipinski definition) is 3. The third-order valence-corrected chi connectivity index (χ3v) is 5.48. The Morgan fingerprint density at radius 3 is 2.12 bits per heavy atom. The lowest BCUT2D eigenvalue weighted by Crippen LogP contribution is -2.38. The second kappa shape index (κ2) is 11.1. The lowest BCUT2D eigenvalue weighted by Gasteiger charge is -2.21. The minimum atomic E-state index is -0.973. The van der Waals surface area contributed by atoms with Crippen LogP contribution in [0.25, 0.3) is 11.1 Å². The number of nitrogens with one attached hydrogen (secondary N) is 1. The average molecular weight is 446 g/mol. The summed E-state index contributed by atoms with van der Waals surface area (Å²) >= 11 is 0. The first-order valence-corrected chi connectivity index (χ1v) is 10.8. The molecule has 3 rings (SSSR count). The van der Waals surface area contributed by atoms with Crippen LogP contribution >= 0.6 is 0 Å². The molecule has 0 spiro atoms. The van der Waals surface area contributed by atoms with E-state index in [2.05, 4.69) is 5.32 Å². The molecular weight excluding hydrogens is 418 g/mol. The molecule has 0 radical (unpaired) electrons. The van der Waals surface area contributed by atoms with E-state index in [1.807, 2.05) is 54.6 Å². The number of amides is 1. The molecule has 3 aromatic rings. The number of carbonyl (C=O) groups is 3. The van der Waals surface area contributed by atoms with Crippen molar-refractivity contribution in [1.29, 1.82) is 0 Å². The summed E-state index contributed by atoms with van der Waals surface area (Å²) in [5.41, 5.74) is 4.05. The highest BCUT2D eigenvalue weighted by Gasteiger charge is 2.21. The van der Waals surface area contributed by atoms with Crippen molar-refractivity contribution in [2.24, 2.45) is 5.92 Å². The van der Waals surface area contributed by atoms with Crippen molar-refractivity contribution in [3.05, 3.63) is 95.6 Å². The van der Waals surface area contributed by atoms with Crippen LogP contribution in [0, 0.1) is 5.92 Å². The molecule has 0 aliphatic heterocycles. The van der Waals surface area contributed by atoms with E-state index in [0.717, 1.165) is 16.7 Å². The molecule has 2 unspecified atom stereocenters. The van der Waals surface area contributed by atoms with Crippen molar-refractivity contribution in [3.8, 4) is 11.1 Å². The van der Waals surface area contributed by atoms with Gasteiger partial charge in [0.2, 0.25) is 0 Å². The monoisotopic (exact) mass is 445 g/mol. The Bertz CT molecular complexity index is 1110. The van der Waals surface area contributed by atoms with E-state index in [0.29, 0.717) is 17.5 Å². The number of hydrogen-bond acceptors (Lipinski definition) is 3. The Labute approximate surface area is 192 Å². The molecule has 0 saturated heterocycles. The van der Waals surface area contributed by atoms with Crippen molar-refractivity contribution in [1.82, 2.24) is 5.32 Å². The third kappa shape index (κ3) is 7.04. The van der Waals surface area contributed by atoms with Crippen molar-refractivity contribution < 1.29 is 24.6 Å². The van der Waals surface area contributed by atoms with Crippen LogP contribution in [0.5, 0.6) is 0 Å². The predicted molar refractivity (Wildman–Crippen MR) is 126 cm³/mol. The molecule has 0 bridgehead atoms. The van der Waals surface area contributed by atoms with Crippen LogP contribution in [0.15, 0.2) is 78.9 Å². The molecule has 1 amide bonds. The molecule has 0 saturated carbocycles. The van der Waals surface area contributed by atoms with E-state index >= 15 is 0 Å². The van der Waals surface area contributed by atoms with Gasteiger partial charge in [0.05, 0.1) is 12.3 Å². The van der Waals surface area contributed by atoms with E-state index in [1.165, 1.54) is 0 Å². The summed E-state index contributed by atoms with van der Waals surface area (Å²) in [7, 11) is 0. The molecule has 3 aromatic carbocycles. The maximum atomic E-state index is 12.9. The highest BCUT2D eigenvalue weighted by Crippen LogP contribution is 2.21. The topological polar surface area (TPSA) is 104 Å². The summed E-state index contributed by atoms with van der Waals surface area (Å²) in [5.74, 6) is -2.88. The first-order valence-electron chi connectivity index (χ1n) is 10.8. The average Bonchev–Trinajstić information content (AvgIpc) is 2.79. The standard InChI is InChI=1S/C27H27NO5/c1-18(27(32)33)14-24(28-26(31)23-9-5-6-20(15-23)17-25(29)30)16-19-10-12-22(13-11-19)21-7-3-2-4-8-21/h2-13,15,18,24H,14,16-17H2,1H3,(H,28,31)(H,29,30)(H,32,33). The van der Waals surface area contributed by atoms with Crippen LogP contribution in [-0.2, 0) is 22.4 Å². The SMILES string of the molecule is CC(CC(Cc1ccc(-c2ccccc2)cc1)NC(=O)c1cccc(CC(=O)O)c1)C(=O)O.